The summed E-state index contributed by atoms with van der Waals surface area (Å²) in [6.07, 6.45) is -4.43. The van der Waals surface area contributed by atoms with Crippen molar-refractivity contribution in [2.24, 2.45) is 0 Å². The quantitative estimate of drug-likeness (QED) is 0.746. The third-order valence-electron chi connectivity index (χ3n) is 2.45. The second-order valence-electron chi connectivity index (χ2n) is 3.51. The Balaban J connectivity index is 2.84. The highest BCUT2D eigenvalue weighted by molar-refractivity contribution is 9.10. The van der Waals surface area contributed by atoms with Crippen LogP contribution in [0.25, 0.3) is 10.8 Å². The Bertz CT molecular complexity index is 563. The molecule has 0 saturated carbocycles. The molecule has 0 spiro atoms. The number of benzene rings is 2. The molecule has 0 bridgehead atoms. The van der Waals surface area contributed by atoms with E-state index in [9.17, 15) is 13.2 Å². The first-order valence-corrected chi connectivity index (χ1v) is 5.56. The maximum Gasteiger partial charge on any atom is 0.420 e. The van der Waals surface area contributed by atoms with Crippen LogP contribution in [0.15, 0.2) is 34.8 Å². The molecule has 0 atom stereocenters. The van der Waals surface area contributed by atoms with Crippen LogP contribution in [0.3, 0.4) is 0 Å². The first kappa shape index (κ1) is 12.2. The van der Waals surface area contributed by atoms with Gasteiger partial charge >= 0.3 is 6.18 Å². The Hall–Kier alpha value is -1.23. The first-order chi connectivity index (χ1) is 7.93. The molecule has 2 aromatic rings. The van der Waals surface area contributed by atoms with Crippen molar-refractivity contribution in [1.29, 1.82) is 0 Å². The lowest BCUT2D eigenvalue weighted by Gasteiger charge is -2.14. The molecule has 2 aromatic carbocycles. The van der Waals surface area contributed by atoms with E-state index in [2.05, 4.69) is 15.9 Å². The van der Waals surface area contributed by atoms with E-state index in [-0.39, 0.29) is 11.1 Å². The summed E-state index contributed by atoms with van der Waals surface area (Å²) >= 11 is 3.23. The van der Waals surface area contributed by atoms with Gasteiger partial charge in [-0.1, -0.05) is 28.1 Å². The number of fused-ring (bicyclic) bond motifs is 1. The smallest absolute Gasteiger partial charge is 0.420 e. The predicted molar refractivity (Wildman–Crippen MR) is 63.2 cm³/mol. The van der Waals surface area contributed by atoms with Crippen molar-refractivity contribution in [2.75, 3.05) is 7.11 Å². The Morgan fingerprint density at radius 1 is 1.12 bits per heavy atom. The molecule has 1 nitrogen and oxygen atoms in total. The lowest BCUT2D eigenvalue weighted by atomic mass is 10.0. The minimum atomic E-state index is -4.43. The number of alkyl halides is 3. The van der Waals surface area contributed by atoms with Gasteiger partial charge in [0.1, 0.15) is 11.3 Å². The van der Waals surface area contributed by atoms with Crippen LogP contribution < -0.4 is 4.74 Å². The fourth-order valence-electron chi connectivity index (χ4n) is 1.74. The van der Waals surface area contributed by atoms with E-state index in [0.717, 1.165) is 4.47 Å². The number of rotatable bonds is 1. The molecular formula is C12H8BrF3O. The van der Waals surface area contributed by atoms with Crippen LogP contribution in [-0.4, -0.2) is 7.11 Å². The number of ether oxygens (including phenoxy) is 1. The van der Waals surface area contributed by atoms with Crippen LogP contribution in [0, 0.1) is 0 Å². The molecule has 0 aliphatic rings. The zero-order chi connectivity index (χ0) is 12.6. The van der Waals surface area contributed by atoms with E-state index >= 15 is 0 Å². The Morgan fingerprint density at radius 3 is 2.41 bits per heavy atom. The number of hydrogen-bond donors (Lipinski definition) is 0. The first-order valence-electron chi connectivity index (χ1n) is 4.77. The minimum Gasteiger partial charge on any atom is -0.496 e. The fourth-order valence-corrected chi connectivity index (χ4v) is 2.12. The van der Waals surface area contributed by atoms with E-state index in [1.54, 1.807) is 18.2 Å². The molecule has 0 aliphatic carbocycles. The molecule has 90 valence electrons. The van der Waals surface area contributed by atoms with Crippen molar-refractivity contribution >= 4 is 26.7 Å². The zero-order valence-corrected chi connectivity index (χ0v) is 10.4. The Morgan fingerprint density at radius 2 is 1.82 bits per heavy atom. The van der Waals surface area contributed by atoms with E-state index in [0.29, 0.717) is 5.39 Å². The number of halogens is 4. The molecule has 0 amide bonds. The van der Waals surface area contributed by atoms with Gasteiger partial charge in [-0.25, -0.2) is 0 Å². The van der Waals surface area contributed by atoms with Crippen molar-refractivity contribution in [3.63, 3.8) is 0 Å². The second kappa shape index (κ2) is 4.22. The minimum absolute atomic E-state index is 0.139. The van der Waals surface area contributed by atoms with Crippen LogP contribution in [0.1, 0.15) is 5.56 Å². The number of methoxy groups -OCH3 is 1. The lowest BCUT2D eigenvalue weighted by Crippen LogP contribution is -2.08. The Kier molecular flexibility index (Phi) is 3.03. The second-order valence-corrected chi connectivity index (χ2v) is 4.42. The van der Waals surface area contributed by atoms with Gasteiger partial charge in [-0.2, -0.15) is 13.2 Å². The molecule has 0 N–H and O–H groups in total. The summed E-state index contributed by atoms with van der Waals surface area (Å²) in [5.41, 5.74) is -0.731. The predicted octanol–water partition coefficient (Wildman–Crippen LogP) is 4.63. The van der Waals surface area contributed by atoms with Crippen LogP contribution in [0.2, 0.25) is 0 Å². The largest absolute Gasteiger partial charge is 0.496 e. The third kappa shape index (κ3) is 2.24. The maximum absolute atomic E-state index is 13.0. The van der Waals surface area contributed by atoms with Gasteiger partial charge in [-0.05, 0) is 29.0 Å². The van der Waals surface area contributed by atoms with Crippen LogP contribution in [0.4, 0.5) is 13.2 Å². The van der Waals surface area contributed by atoms with Crippen LogP contribution in [0.5, 0.6) is 5.75 Å². The average molecular weight is 305 g/mol. The van der Waals surface area contributed by atoms with Crippen molar-refractivity contribution in [2.45, 2.75) is 6.18 Å². The van der Waals surface area contributed by atoms with Crippen molar-refractivity contribution < 1.29 is 17.9 Å². The van der Waals surface area contributed by atoms with E-state index < -0.39 is 11.7 Å². The number of hydrogen-bond acceptors (Lipinski definition) is 1. The molecular weight excluding hydrogens is 297 g/mol. The molecule has 17 heavy (non-hydrogen) atoms. The average Bonchev–Trinajstić information content (AvgIpc) is 2.25. The standard InChI is InChI=1S/C12H8BrF3O/c1-17-10-5-2-7-6-8(13)3-4-9(7)11(10)12(14,15)16/h2-6H,1H3. The van der Waals surface area contributed by atoms with Gasteiger partial charge in [0.2, 0.25) is 0 Å². The van der Waals surface area contributed by atoms with Gasteiger partial charge in [0.15, 0.2) is 0 Å². The fraction of sp³-hybridized carbons (Fsp3) is 0.167. The molecule has 0 unspecified atom stereocenters. The Labute approximate surface area is 104 Å². The lowest BCUT2D eigenvalue weighted by molar-refractivity contribution is -0.137. The molecule has 0 heterocycles. The van der Waals surface area contributed by atoms with Crippen LogP contribution >= 0.6 is 15.9 Å². The van der Waals surface area contributed by atoms with E-state index in [1.807, 2.05) is 0 Å². The highest BCUT2D eigenvalue weighted by atomic mass is 79.9. The third-order valence-corrected chi connectivity index (χ3v) is 2.94. The van der Waals surface area contributed by atoms with E-state index in [4.69, 9.17) is 4.74 Å². The van der Waals surface area contributed by atoms with Gasteiger partial charge in [-0.15, -0.1) is 0 Å². The van der Waals surface area contributed by atoms with Crippen LogP contribution in [-0.2, 0) is 6.18 Å². The molecule has 0 radical (unpaired) electrons. The van der Waals surface area contributed by atoms with Gasteiger partial charge < -0.3 is 4.74 Å². The summed E-state index contributed by atoms with van der Waals surface area (Å²) < 4.78 is 44.4. The van der Waals surface area contributed by atoms with Crippen molar-refractivity contribution in [1.82, 2.24) is 0 Å². The molecule has 0 aliphatic heterocycles. The SMILES string of the molecule is COc1ccc2cc(Br)ccc2c1C(F)(F)F. The zero-order valence-electron chi connectivity index (χ0n) is 8.81. The van der Waals surface area contributed by atoms with Gasteiger partial charge in [-0.3, -0.25) is 0 Å². The molecule has 2 rings (SSSR count). The van der Waals surface area contributed by atoms with E-state index in [1.165, 1.54) is 19.2 Å². The molecule has 5 heteroatoms. The topological polar surface area (TPSA) is 9.23 Å². The van der Waals surface area contributed by atoms with Crippen molar-refractivity contribution in [3.05, 3.63) is 40.4 Å². The summed E-state index contributed by atoms with van der Waals surface area (Å²) in [5, 5.41) is 0.660. The summed E-state index contributed by atoms with van der Waals surface area (Å²) in [4.78, 5) is 0. The highest BCUT2D eigenvalue weighted by Crippen LogP contribution is 2.41. The monoisotopic (exact) mass is 304 g/mol. The van der Waals surface area contributed by atoms with Gasteiger partial charge in [0, 0.05) is 4.47 Å². The highest BCUT2D eigenvalue weighted by Gasteiger charge is 2.36. The summed E-state index contributed by atoms with van der Waals surface area (Å²) in [5.74, 6) is -0.160. The molecule has 0 saturated heterocycles. The molecule has 0 aromatic heterocycles. The van der Waals surface area contributed by atoms with Gasteiger partial charge in [0.25, 0.3) is 0 Å². The summed E-state index contributed by atoms with van der Waals surface area (Å²) in [6, 6.07) is 7.59. The van der Waals surface area contributed by atoms with Gasteiger partial charge in [0.05, 0.1) is 7.11 Å². The summed E-state index contributed by atoms with van der Waals surface area (Å²) in [7, 11) is 1.23. The molecule has 0 fully saturated rings. The summed E-state index contributed by atoms with van der Waals surface area (Å²) in [6.45, 7) is 0. The maximum atomic E-state index is 13.0. The normalized spacial score (nSPS) is 11.8. The van der Waals surface area contributed by atoms with Crippen molar-refractivity contribution in [3.8, 4) is 5.75 Å².